The van der Waals surface area contributed by atoms with Gasteiger partial charge in [-0.3, -0.25) is 4.98 Å². The summed E-state index contributed by atoms with van der Waals surface area (Å²) >= 11 is 2.08. The van der Waals surface area contributed by atoms with Crippen LogP contribution in [0.4, 0.5) is 0 Å². The lowest BCUT2D eigenvalue weighted by Gasteiger charge is -2.20. The molecule has 1 saturated heterocycles. The van der Waals surface area contributed by atoms with Crippen molar-refractivity contribution in [3.8, 4) is 0 Å². The van der Waals surface area contributed by atoms with Crippen LogP contribution in [0, 0.1) is 0 Å². The van der Waals surface area contributed by atoms with Crippen molar-refractivity contribution in [2.24, 2.45) is 0 Å². The minimum Gasteiger partial charge on any atom is -0.264 e. The van der Waals surface area contributed by atoms with Crippen LogP contribution in [-0.2, 0) is 0 Å². The van der Waals surface area contributed by atoms with Crippen molar-refractivity contribution >= 4 is 11.8 Å². The first-order valence-corrected chi connectivity index (χ1v) is 5.53. The molecule has 1 aromatic rings. The fourth-order valence-corrected chi connectivity index (χ4v) is 2.89. The molecule has 0 radical (unpaired) electrons. The molecule has 0 N–H and O–H groups in total. The van der Waals surface area contributed by atoms with Gasteiger partial charge in [-0.1, -0.05) is 12.5 Å². The Morgan fingerprint density at radius 3 is 3.08 bits per heavy atom. The van der Waals surface area contributed by atoms with E-state index in [4.69, 9.17) is 0 Å². The SMILES string of the molecule is c1cncc(C2CCCCS2)c1. The molecule has 0 aliphatic carbocycles. The molecule has 1 aromatic heterocycles. The molecule has 2 heteroatoms. The fraction of sp³-hybridized carbons (Fsp3) is 0.500. The Bertz CT molecular complexity index is 229. The molecular weight excluding hydrogens is 166 g/mol. The van der Waals surface area contributed by atoms with Crippen LogP contribution in [0.25, 0.3) is 0 Å². The summed E-state index contributed by atoms with van der Waals surface area (Å²) in [5.41, 5.74) is 1.40. The van der Waals surface area contributed by atoms with E-state index in [1.165, 1.54) is 30.6 Å². The van der Waals surface area contributed by atoms with Gasteiger partial charge in [0.2, 0.25) is 0 Å². The van der Waals surface area contributed by atoms with Gasteiger partial charge in [0, 0.05) is 17.6 Å². The minimum atomic E-state index is 0.715. The number of nitrogens with zero attached hydrogens (tertiary/aromatic N) is 1. The molecule has 1 aliphatic rings. The standard InChI is InChI=1S/C10H13NS/c1-2-7-12-10(5-1)9-4-3-6-11-8-9/h3-4,6,8,10H,1-2,5,7H2. The van der Waals surface area contributed by atoms with Gasteiger partial charge in [-0.05, 0) is 30.2 Å². The highest BCUT2D eigenvalue weighted by Crippen LogP contribution is 2.37. The van der Waals surface area contributed by atoms with Crippen molar-refractivity contribution in [3.05, 3.63) is 30.1 Å². The fourth-order valence-electron chi connectivity index (χ4n) is 1.57. The molecule has 0 aromatic carbocycles. The largest absolute Gasteiger partial charge is 0.264 e. The molecule has 2 rings (SSSR count). The van der Waals surface area contributed by atoms with Crippen molar-refractivity contribution in [1.82, 2.24) is 4.98 Å². The summed E-state index contributed by atoms with van der Waals surface area (Å²) in [7, 11) is 0. The van der Waals surface area contributed by atoms with E-state index >= 15 is 0 Å². The molecule has 0 saturated carbocycles. The third-order valence-electron chi connectivity index (χ3n) is 2.24. The van der Waals surface area contributed by atoms with Gasteiger partial charge in [0.1, 0.15) is 0 Å². The summed E-state index contributed by atoms with van der Waals surface area (Å²) in [6, 6.07) is 4.22. The molecular formula is C10H13NS. The van der Waals surface area contributed by atoms with E-state index in [-0.39, 0.29) is 0 Å². The molecule has 1 unspecified atom stereocenters. The van der Waals surface area contributed by atoms with E-state index in [2.05, 4.69) is 22.8 Å². The van der Waals surface area contributed by atoms with Crippen LogP contribution < -0.4 is 0 Å². The number of pyridine rings is 1. The van der Waals surface area contributed by atoms with E-state index in [0.717, 1.165) is 0 Å². The zero-order chi connectivity index (χ0) is 8.23. The minimum absolute atomic E-state index is 0.715. The van der Waals surface area contributed by atoms with Gasteiger partial charge in [-0.15, -0.1) is 0 Å². The molecule has 0 spiro atoms. The first kappa shape index (κ1) is 8.11. The van der Waals surface area contributed by atoms with Crippen molar-refractivity contribution in [2.45, 2.75) is 24.5 Å². The lowest BCUT2D eigenvalue weighted by Crippen LogP contribution is -2.01. The molecule has 1 aliphatic heterocycles. The van der Waals surface area contributed by atoms with Gasteiger partial charge in [-0.25, -0.2) is 0 Å². The van der Waals surface area contributed by atoms with Crippen LogP contribution in [-0.4, -0.2) is 10.7 Å². The molecule has 1 atom stereocenters. The zero-order valence-corrected chi connectivity index (χ0v) is 7.89. The summed E-state index contributed by atoms with van der Waals surface area (Å²) in [4.78, 5) is 4.15. The Labute approximate surface area is 77.6 Å². The lowest BCUT2D eigenvalue weighted by atomic mass is 10.1. The third kappa shape index (κ3) is 1.81. The van der Waals surface area contributed by atoms with E-state index < -0.39 is 0 Å². The summed E-state index contributed by atoms with van der Waals surface area (Å²) in [5, 5.41) is 0.715. The van der Waals surface area contributed by atoms with Gasteiger partial charge < -0.3 is 0 Å². The highest BCUT2D eigenvalue weighted by molar-refractivity contribution is 7.99. The Morgan fingerprint density at radius 2 is 2.42 bits per heavy atom. The van der Waals surface area contributed by atoms with Crippen LogP contribution in [0.2, 0.25) is 0 Å². The van der Waals surface area contributed by atoms with Crippen molar-refractivity contribution in [2.75, 3.05) is 5.75 Å². The summed E-state index contributed by atoms with van der Waals surface area (Å²) in [6.45, 7) is 0. The monoisotopic (exact) mass is 179 g/mol. The van der Waals surface area contributed by atoms with E-state index in [1.807, 2.05) is 18.5 Å². The topological polar surface area (TPSA) is 12.9 Å². The van der Waals surface area contributed by atoms with Gasteiger partial charge >= 0.3 is 0 Å². The van der Waals surface area contributed by atoms with E-state index in [9.17, 15) is 0 Å². The highest BCUT2D eigenvalue weighted by atomic mass is 32.2. The van der Waals surface area contributed by atoms with Crippen LogP contribution in [0.3, 0.4) is 0 Å². The lowest BCUT2D eigenvalue weighted by molar-refractivity contribution is 0.685. The maximum absolute atomic E-state index is 4.15. The number of hydrogen-bond donors (Lipinski definition) is 0. The van der Waals surface area contributed by atoms with Crippen molar-refractivity contribution in [1.29, 1.82) is 0 Å². The summed E-state index contributed by atoms with van der Waals surface area (Å²) in [5.74, 6) is 1.32. The number of aromatic nitrogens is 1. The highest BCUT2D eigenvalue weighted by Gasteiger charge is 2.15. The number of rotatable bonds is 1. The average Bonchev–Trinajstić information content (AvgIpc) is 2.21. The second-order valence-corrected chi connectivity index (χ2v) is 4.45. The molecule has 0 bridgehead atoms. The van der Waals surface area contributed by atoms with Gasteiger partial charge in [0.05, 0.1) is 0 Å². The Balaban J connectivity index is 2.08. The van der Waals surface area contributed by atoms with Gasteiger partial charge in [0.15, 0.2) is 0 Å². The summed E-state index contributed by atoms with van der Waals surface area (Å²) in [6.07, 6.45) is 7.95. The molecule has 2 heterocycles. The Morgan fingerprint density at radius 1 is 1.42 bits per heavy atom. The molecule has 1 nitrogen and oxygen atoms in total. The van der Waals surface area contributed by atoms with Gasteiger partial charge in [-0.2, -0.15) is 11.8 Å². The Kier molecular flexibility index (Phi) is 2.67. The number of thioether (sulfide) groups is 1. The Hall–Kier alpha value is -0.500. The summed E-state index contributed by atoms with van der Waals surface area (Å²) < 4.78 is 0. The van der Waals surface area contributed by atoms with E-state index in [1.54, 1.807) is 0 Å². The second kappa shape index (κ2) is 3.94. The molecule has 0 amide bonds. The predicted octanol–water partition coefficient (Wildman–Crippen LogP) is 3.04. The first-order valence-electron chi connectivity index (χ1n) is 4.48. The normalized spacial score (nSPS) is 23.8. The quantitative estimate of drug-likeness (QED) is 0.657. The third-order valence-corrected chi connectivity index (χ3v) is 3.67. The first-order chi connectivity index (χ1) is 5.97. The van der Waals surface area contributed by atoms with E-state index in [0.29, 0.717) is 5.25 Å². The van der Waals surface area contributed by atoms with Crippen LogP contribution >= 0.6 is 11.8 Å². The second-order valence-electron chi connectivity index (χ2n) is 3.14. The molecule has 12 heavy (non-hydrogen) atoms. The average molecular weight is 179 g/mol. The van der Waals surface area contributed by atoms with Crippen molar-refractivity contribution in [3.63, 3.8) is 0 Å². The number of hydrogen-bond acceptors (Lipinski definition) is 2. The van der Waals surface area contributed by atoms with Crippen molar-refractivity contribution < 1.29 is 0 Å². The van der Waals surface area contributed by atoms with Crippen LogP contribution in [0.15, 0.2) is 24.5 Å². The van der Waals surface area contributed by atoms with Crippen LogP contribution in [0.1, 0.15) is 30.1 Å². The maximum Gasteiger partial charge on any atom is 0.0312 e. The predicted molar refractivity (Wildman–Crippen MR) is 53.3 cm³/mol. The smallest absolute Gasteiger partial charge is 0.0312 e. The molecule has 64 valence electrons. The maximum atomic E-state index is 4.15. The zero-order valence-electron chi connectivity index (χ0n) is 7.07. The molecule has 1 fully saturated rings. The van der Waals surface area contributed by atoms with Crippen LogP contribution in [0.5, 0.6) is 0 Å². The van der Waals surface area contributed by atoms with Gasteiger partial charge in [0.25, 0.3) is 0 Å².